The monoisotopic (exact) mass is 303 g/mol. The van der Waals surface area contributed by atoms with Gasteiger partial charge in [0.25, 0.3) is 0 Å². The summed E-state index contributed by atoms with van der Waals surface area (Å²) in [5, 5.41) is 4.08. The lowest BCUT2D eigenvalue weighted by atomic mass is 10.2. The first-order valence-corrected chi connectivity index (χ1v) is 8.22. The van der Waals surface area contributed by atoms with Crippen LogP contribution in [0, 0.1) is 6.92 Å². The van der Waals surface area contributed by atoms with E-state index in [0.717, 1.165) is 21.4 Å². The Bertz CT molecular complexity index is 618. The van der Waals surface area contributed by atoms with Gasteiger partial charge in [-0.15, -0.1) is 0 Å². The van der Waals surface area contributed by atoms with Gasteiger partial charge in [-0.1, -0.05) is 24.2 Å². The van der Waals surface area contributed by atoms with Crippen molar-refractivity contribution in [1.82, 2.24) is 15.0 Å². The minimum Gasteiger partial charge on any atom is -0.357 e. The van der Waals surface area contributed by atoms with Crippen molar-refractivity contribution in [3.63, 3.8) is 0 Å². The number of rotatable bonds is 4. The molecule has 1 fully saturated rings. The lowest BCUT2D eigenvalue weighted by molar-refractivity contribution is 0.651. The first kappa shape index (κ1) is 14.3. The molecule has 0 spiro atoms. The van der Waals surface area contributed by atoms with Crippen molar-refractivity contribution in [2.45, 2.75) is 38.6 Å². The second-order valence-corrected chi connectivity index (χ2v) is 6.45. The maximum atomic E-state index is 4.75. The first-order chi connectivity index (χ1) is 10.2. The Kier molecular flexibility index (Phi) is 4.05. The molecule has 6 heteroatoms. The minimum atomic E-state index is 0.640. The molecule has 112 valence electrons. The average molecular weight is 303 g/mol. The van der Waals surface area contributed by atoms with E-state index in [1.54, 1.807) is 17.5 Å². The normalized spacial score (nSPS) is 15.4. The summed E-state index contributed by atoms with van der Waals surface area (Å²) in [7, 11) is 4.00. The van der Waals surface area contributed by atoms with Gasteiger partial charge in [0.1, 0.15) is 0 Å². The highest BCUT2D eigenvalue weighted by molar-refractivity contribution is 7.19. The van der Waals surface area contributed by atoms with Crippen LogP contribution < -0.4 is 10.2 Å². The Labute approximate surface area is 129 Å². The number of aromatic nitrogens is 3. The van der Waals surface area contributed by atoms with Gasteiger partial charge in [0.15, 0.2) is 5.13 Å². The van der Waals surface area contributed by atoms with Crippen LogP contribution in [0.4, 0.5) is 11.1 Å². The van der Waals surface area contributed by atoms with Crippen LogP contribution in [0.25, 0.3) is 10.6 Å². The third kappa shape index (κ3) is 2.85. The Morgan fingerprint density at radius 1 is 1.29 bits per heavy atom. The van der Waals surface area contributed by atoms with E-state index in [0.29, 0.717) is 12.0 Å². The van der Waals surface area contributed by atoms with E-state index < -0.39 is 0 Å². The van der Waals surface area contributed by atoms with Crippen LogP contribution in [-0.2, 0) is 0 Å². The summed E-state index contributed by atoms with van der Waals surface area (Å²) in [5.74, 6) is 0.644. The number of thiazole rings is 1. The highest BCUT2D eigenvalue weighted by Crippen LogP contribution is 2.36. The van der Waals surface area contributed by atoms with Crippen LogP contribution in [0.3, 0.4) is 0 Å². The Morgan fingerprint density at radius 3 is 2.76 bits per heavy atom. The molecule has 0 aliphatic heterocycles. The molecule has 2 heterocycles. The van der Waals surface area contributed by atoms with Crippen LogP contribution >= 0.6 is 11.3 Å². The molecule has 1 N–H and O–H groups in total. The zero-order chi connectivity index (χ0) is 14.8. The quantitative estimate of drug-likeness (QED) is 0.939. The smallest absolute Gasteiger partial charge is 0.222 e. The predicted octanol–water partition coefficient (Wildman–Crippen LogP) is 3.33. The van der Waals surface area contributed by atoms with Gasteiger partial charge >= 0.3 is 0 Å². The van der Waals surface area contributed by atoms with Crippen molar-refractivity contribution >= 4 is 22.4 Å². The molecule has 0 amide bonds. The standard InChI is InChI=1S/C15H21N5S/c1-10-13(12-8-9-17-14(16-2)19-12)21-15(18-10)20(3)11-6-4-5-7-11/h8-9,11H,4-7H2,1-3H3,(H,16,17,19). The number of anilines is 2. The van der Waals surface area contributed by atoms with E-state index in [2.05, 4.69) is 34.2 Å². The molecule has 0 unspecified atom stereocenters. The topological polar surface area (TPSA) is 53.9 Å². The van der Waals surface area contributed by atoms with Gasteiger partial charge < -0.3 is 10.2 Å². The van der Waals surface area contributed by atoms with E-state index in [1.165, 1.54) is 25.7 Å². The van der Waals surface area contributed by atoms with E-state index >= 15 is 0 Å². The van der Waals surface area contributed by atoms with Gasteiger partial charge in [-0.3, -0.25) is 0 Å². The molecule has 5 nitrogen and oxygen atoms in total. The van der Waals surface area contributed by atoms with Crippen molar-refractivity contribution in [2.24, 2.45) is 0 Å². The Hall–Kier alpha value is -1.69. The summed E-state index contributed by atoms with van der Waals surface area (Å²) in [6.07, 6.45) is 7.02. The van der Waals surface area contributed by atoms with Crippen LogP contribution in [-0.4, -0.2) is 35.1 Å². The molecule has 2 aromatic rings. The van der Waals surface area contributed by atoms with Gasteiger partial charge in [-0.25, -0.2) is 15.0 Å². The Morgan fingerprint density at radius 2 is 2.05 bits per heavy atom. The first-order valence-electron chi connectivity index (χ1n) is 7.40. The maximum absolute atomic E-state index is 4.75. The lowest BCUT2D eigenvalue weighted by Gasteiger charge is -2.23. The average Bonchev–Trinajstić information content (AvgIpc) is 3.16. The van der Waals surface area contributed by atoms with Crippen LogP contribution in [0.1, 0.15) is 31.4 Å². The SMILES string of the molecule is CNc1nccc(-c2sc(N(C)C3CCCC3)nc2C)n1. The molecule has 1 aliphatic carbocycles. The molecule has 0 radical (unpaired) electrons. The van der Waals surface area contributed by atoms with Crippen molar-refractivity contribution in [1.29, 1.82) is 0 Å². The van der Waals surface area contributed by atoms with E-state index in [1.807, 2.05) is 13.1 Å². The molecule has 21 heavy (non-hydrogen) atoms. The molecule has 0 saturated heterocycles. The lowest BCUT2D eigenvalue weighted by Crippen LogP contribution is -2.28. The van der Waals surface area contributed by atoms with E-state index in [-0.39, 0.29) is 0 Å². The van der Waals surface area contributed by atoms with Crippen molar-refractivity contribution in [3.05, 3.63) is 18.0 Å². The molecule has 0 bridgehead atoms. The molecule has 1 saturated carbocycles. The fourth-order valence-electron chi connectivity index (χ4n) is 2.82. The van der Waals surface area contributed by atoms with E-state index in [9.17, 15) is 0 Å². The zero-order valence-corrected chi connectivity index (χ0v) is 13.6. The molecule has 0 aromatic carbocycles. The highest BCUT2D eigenvalue weighted by atomic mass is 32.1. The second kappa shape index (κ2) is 5.97. The van der Waals surface area contributed by atoms with Crippen LogP contribution in [0.15, 0.2) is 12.3 Å². The fourth-order valence-corrected chi connectivity index (χ4v) is 3.89. The van der Waals surface area contributed by atoms with Crippen LogP contribution in [0.2, 0.25) is 0 Å². The van der Waals surface area contributed by atoms with Gasteiger partial charge in [-0.2, -0.15) is 0 Å². The Balaban J connectivity index is 1.89. The van der Waals surface area contributed by atoms with Gasteiger partial charge in [-0.05, 0) is 25.8 Å². The number of hydrogen-bond donors (Lipinski definition) is 1. The predicted molar refractivity (Wildman–Crippen MR) is 88.1 cm³/mol. The highest BCUT2D eigenvalue weighted by Gasteiger charge is 2.23. The second-order valence-electron chi connectivity index (χ2n) is 5.48. The van der Waals surface area contributed by atoms with Crippen molar-refractivity contribution in [3.8, 4) is 10.6 Å². The zero-order valence-electron chi connectivity index (χ0n) is 12.8. The van der Waals surface area contributed by atoms with Crippen molar-refractivity contribution in [2.75, 3.05) is 24.3 Å². The summed E-state index contributed by atoms with van der Waals surface area (Å²) >= 11 is 1.72. The fraction of sp³-hybridized carbons (Fsp3) is 0.533. The molecule has 0 atom stereocenters. The summed E-state index contributed by atoms with van der Waals surface area (Å²) < 4.78 is 0. The number of nitrogens with zero attached hydrogens (tertiary/aromatic N) is 4. The molecular formula is C15H21N5S. The largest absolute Gasteiger partial charge is 0.357 e. The number of nitrogens with one attached hydrogen (secondary N) is 1. The van der Waals surface area contributed by atoms with Gasteiger partial charge in [0, 0.05) is 26.3 Å². The van der Waals surface area contributed by atoms with Crippen LogP contribution in [0.5, 0.6) is 0 Å². The number of hydrogen-bond acceptors (Lipinski definition) is 6. The van der Waals surface area contributed by atoms with Gasteiger partial charge in [0.05, 0.1) is 16.3 Å². The number of aryl methyl sites for hydroxylation is 1. The van der Waals surface area contributed by atoms with Gasteiger partial charge in [0.2, 0.25) is 5.95 Å². The summed E-state index contributed by atoms with van der Waals surface area (Å²) in [4.78, 5) is 16.9. The molecule has 3 rings (SSSR count). The third-order valence-electron chi connectivity index (χ3n) is 4.07. The third-order valence-corrected chi connectivity index (χ3v) is 5.34. The molecular weight excluding hydrogens is 282 g/mol. The molecule has 2 aromatic heterocycles. The summed E-state index contributed by atoms with van der Waals surface area (Å²) in [6.45, 7) is 2.05. The van der Waals surface area contributed by atoms with E-state index in [4.69, 9.17) is 4.98 Å². The molecule has 1 aliphatic rings. The minimum absolute atomic E-state index is 0.640. The van der Waals surface area contributed by atoms with Crippen molar-refractivity contribution < 1.29 is 0 Å². The summed E-state index contributed by atoms with van der Waals surface area (Å²) in [6, 6.07) is 2.59. The summed E-state index contributed by atoms with van der Waals surface area (Å²) in [5.41, 5.74) is 1.98. The maximum Gasteiger partial charge on any atom is 0.222 e.